The molecule has 0 saturated heterocycles. The number of ether oxygens (including phenoxy) is 6. The highest BCUT2D eigenvalue weighted by molar-refractivity contribution is 9.11. The summed E-state index contributed by atoms with van der Waals surface area (Å²) in [5.41, 5.74) is 4.76. The van der Waals surface area contributed by atoms with Gasteiger partial charge in [0.1, 0.15) is 74.9 Å². The molecule has 0 N–H and O–H groups in total. The Balaban J connectivity index is 0.000000181. The van der Waals surface area contributed by atoms with Crippen LogP contribution >= 0.6 is 31.9 Å². The van der Waals surface area contributed by atoms with Crippen LogP contribution in [0.2, 0.25) is 0 Å². The monoisotopic (exact) mass is 1060 g/mol. The van der Waals surface area contributed by atoms with Crippen LogP contribution in [0.3, 0.4) is 0 Å². The first-order valence-electron chi connectivity index (χ1n) is 20.3. The van der Waals surface area contributed by atoms with Crippen molar-refractivity contribution in [2.75, 3.05) is 56.8 Å². The Kier molecular flexibility index (Phi) is 17.8. The number of benzene rings is 4. The van der Waals surface area contributed by atoms with E-state index in [1.54, 1.807) is 81.0 Å². The Hall–Kier alpha value is -7.10. The Morgan fingerprint density at radius 3 is 1.44 bits per heavy atom. The molecule has 20 heteroatoms. The number of carbonyl (C=O) groups excluding carboxylic acids is 2. The molecule has 18 nitrogen and oxygen atoms in total. The SMILES string of the molecule is COC(C(=O)N(C)OC)c1ccc(-n2cncn2)cc1.COc1cc(-c2ccc(C(=O)C(OC)c3ccc(-n4cncn4)cc3)o2)cc(OC)c1Br.COc1cc(-c2ccco2)cc(OC)c1Br. The normalized spacial score (nSPS) is 11.6. The molecular weight excluding hydrogens is 1010 g/mol. The molecule has 2 atom stereocenters. The van der Waals surface area contributed by atoms with Crippen molar-refractivity contribution >= 4 is 43.6 Å². The minimum absolute atomic E-state index is 0.188. The second kappa shape index (κ2) is 24.1. The zero-order chi connectivity index (χ0) is 48.7. The number of hydrogen-bond donors (Lipinski definition) is 0. The van der Waals surface area contributed by atoms with E-state index in [9.17, 15) is 9.59 Å². The minimum Gasteiger partial charge on any atom is -0.495 e. The number of rotatable bonds is 16. The van der Waals surface area contributed by atoms with Gasteiger partial charge in [-0.05, 0) is 116 Å². The summed E-state index contributed by atoms with van der Waals surface area (Å²) in [6.45, 7) is 0. The van der Waals surface area contributed by atoms with Gasteiger partial charge in [0.2, 0.25) is 5.78 Å². The Labute approximate surface area is 408 Å². The summed E-state index contributed by atoms with van der Waals surface area (Å²) in [4.78, 5) is 37.9. The molecule has 68 heavy (non-hydrogen) atoms. The summed E-state index contributed by atoms with van der Waals surface area (Å²) < 4.78 is 48.0. The largest absolute Gasteiger partial charge is 0.495 e. The quantitative estimate of drug-likeness (QED) is 0.0656. The van der Waals surface area contributed by atoms with Gasteiger partial charge in [0, 0.05) is 32.4 Å². The Morgan fingerprint density at radius 2 is 1.06 bits per heavy atom. The highest BCUT2D eigenvalue weighted by Crippen LogP contribution is 2.41. The molecule has 4 aromatic carbocycles. The predicted octanol–water partition coefficient (Wildman–Crippen LogP) is 9.58. The van der Waals surface area contributed by atoms with E-state index in [-0.39, 0.29) is 17.5 Å². The van der Waals surface area contributed by atoms with E-state index in [4.69, 9.17) is 42.1 Å². The van der Waals surface area contributed by atoms with Crippen LogP contribution in [0.15, 0.2) is 146 Å². The van der Waals surface area contributed by atoms with E-state index in [0.29, 0.717) is 44.4 Å². The van der Waals surface area contributed by atoms with Gasteiger partial charge in [-0.3, -0.25) is 14.4 Å². The third-order valence-electron chi connectivity index (χ3n) is 10.1. The van der Waals surface area contributed by atoms with Crippen LogP contribution in [-0.4, -0.2) is 103 Å². The van der Waals surface area contributed by atoms with Gasteiger partial charge in [-0.25, -0.2) is 24.4 Å². The molecule has 0 bridgehead atoms. The highest BCUT2D eigenvalue weighted by Gasteiger charge is 2.26. The molecule has 354 valence electrons. The van der Waals surface area contributed by atoms with Gasteiger partial charge < -0.3 is 37.3 Å². The first-order chi connectivity index (χ1) is 33.0. The molecule has 0 spiro atoms. The molecule has 8 aromatic rings. The number of hydroxylamine groups is 2. The van der Waals surface area contributed by atoms with E-state index in [1.165, 1.54) is 41.0 Å². The number of halogens is 2. The van der Waals surface area contributed by atoms with Gasteiger partial charge in [-0.15, -0.1) is 0 Å². The lowest BCUT2D eigenvalue weighted by Gasteiger charge is -2.21. The fourth-order valence-corrected chi connectivity index (χ4v) is 7.64. The molecule has 4 aromatic heterocycles. The van der Waals surface area contributed by atoms with E-state index in [0.717, 1.165) is 37.8 Å². The van der Waals surface area contributed by atoms with Crippen molar-refractivity contribution in [1.82, 2.24) is 34.6 Å². The molecule has 0 saturated carbocycles. The van der Waals surface area contributed by atoms with Crippen molar-refractivity contribution in [3.05, 3.63) is 154 Å². The molecule has 1 amide bonds. The lowest BCUT2D eigenvalue weighted by atomic mass is 10.0. The van der Waals surface area contributed by atoms with E-state index in [2.05, 4.69) is 52.0 Å². The summed E-state index contributed by atoms with van der Waals surface area (Å²) in [7, 11) is 12.3. The second-order valence-corrected chi connectivity index (χ2v) is 15.6. The number of aromatic nitrogens is 6. The molecule has 0 aliphatic heterocycles. The summed E-state index contributed by atoms with van der Waals surface area (Å²) in [6.07, 6.45) is 6.24. The van der Waals surface area contributed by atoms with Gasteiger partial charge in [0.15, 0.2) is 11.9 Å². The molecule has 0 aliphatic rings. The molecular formula is C48H47Br2N7O11. The van der Waals surface area contributed by atoms with Crippen molar-refractivity contribution in [2.24, 2.45) is 0 Å². The number of amides is 1. The summed E-state index contributed by atoms with van der Waals surface area (Å²) >= 11 is 6.87. The first-order valence-corrected chi connectivity index (χ1v) is 21.9. The number of ketones is 1. The fraction of sp³-hybridized carbons (Fsp3) is 0.208. The molecule has 4 heterocycles. The van der Waals surface area contributed by atoms with Crippen molar-refractivity contribution in [1.29, 1.82) is 0 Å². The van der Waals surface area contributed by atoms with Gasteiger partial charge in [-0.2, -0.15) is 10.2 Å². The van der Waals surface area contributed by atoms with Crippen LogP contribution in [0.25, 0.3) is 34.0 Å². The zero-order valence-electron chi connectivity index (χ0n) is 38.2. The number of likely N-dealkylation sites (N-methyl/N-ethyl adjacent to an activating group) is 1. The maximum absolute atomic E-state index is 13.1. The van der Waals surface area contributed by atoms with Crippen LogP contribution in [0.4, 0.5) is 0 Å². The van der Waals surface area contributed by atoms with Crippen molar-refractivity contribution in [2.45, 2.75) is 12.2 Å². The minimum atomic E-state index is -0.812. The summed E-state index contributed by atoms with van der Waals surface area (Å²) in [6, 6.07) is 29.1. The third kappa shape index (κ3) is 11.9. The number of methoxy groups -OCH3 is 6. The van der Waals surface area contributed by atoms with Crippen LogP contribution in [0, 0.1) is 0 Å². The van der Waals surface area contributed by atoms with Gasteiger partial charge >= 0.3 is 0 Å². The van der Waals surface area contributed by atoms with Crippen LogP contribution < -0.4 is 18.9 Å². The van der Waals surface area contributed by atoms with Crippen LogP contribution in [0.5, 0.6) is 23.0 Å². The van der Waals surface area contributed by atoms with Crippen molar-refractivity contribution in [3.63, 3.8) is 0 Å². The lowest BCUT2D eigenvalue weighted by molar-refractivity contribution is -0.179. The summed E-state index contributed by atoms with van der Waals surface area (Å²) in [5.74, 6) is 3.52. The number of furan rings is 2. The predicted molar refractivity (Wildman–Crippen MR) is 256 cm³/mol. The topological polar surface area (TPSA) is 190 Å². The maximum atomic E-state index is 13.1. The molecule has 0 aliphatic carbocycles. The van der Waals surface area contributed by atoms with Gasteiger partial charge in [0.25, 0.3) is 5.91 Å². The van der Waals surface area contributed by atoms with E-state index in [1.807, 2.05) is 72.8 Å². The van der Waals surface area contributed by atoms with Crippen LogP contribution in [-0.2, 0) is 19.1 Å². The van der Waals surface area contributed by atoms with Gasteiger partial charge in [-0.1, -0.05) is 24.3 Å². The Bertz CT molecular complexity index is 2790. The molecule has 2 unspecified atom stereocenters. The number of nitrogens with zero attached hydrogens (tertiary/aromatic N) is 7. The number of Topliss-reactive ketones (excluding diaryl/α,β-unsaturated/α-hetero) is 1. The summed E-state index contributed by atoms with van der Waals surface area (Å²) in [5, 5.41) is 9.27. The maximum Gasteiger partial charge on any atom is 0.279 e. The average molecular weight is 1060 g/mol. The highest BCUT2D eigenvalue weighted by atomic mass is 79.9. The van der Waals surface area contributed by atoms with E-state index >= 15 is 0 Å². The van der Waals surface area contributed by atoms with Crippen LogP contribution in [0.1, 0.15) is 33.9 Å². The molecule has 8 rings (SSSR count). The average Bonchev–Trinajstić information content (AvgIpc) is 4.25. The standard InChI is InChI=1S/C23H20BrN3O5.C13H16N4O3.C12H11BrO3/c1-29-19-10-15(11-20(30-2)21(19)24)17-8-9-18(32-17)22(28)23(31-3)14-4-6-16(7-5-14)27-13-25-12-26-27;1-16(20-3)13(18)12(19-2)10-4-6-11(7-5-10)17-9-14-8-15-17;1-14-10-6-8(9-4-3-5-16-9)7-11(15-2)12(10)13/h4-13,23H,1-3H3;4-9,12H,1-3H3;3-7H,1-2H3. The first kappa shape index (κ1) is 50.3. The zero-order valence-corrected chi connectivity index (χ0v) is 41.3. The Morgan fingerprint density at radius 1 is 0.603 bits per heavy atom. The third-order valence-corrected chi connectivity index (χ3v) is 11.7. The molecule has 0 fully saturated rings. The number of carbonyl (C=O) groups is 2. The van der Waals surface area contributed by atoms with Gasteiger partial charge in [0.05, 0.1) is 53.2 Å². The van der Waals surface area contributed by atoms with E-state index < -0.39 is 12.2 Å². The fourth-order valence-electron chi connectivity index (χ4n) is 6.54. The lowest BCUT2D eigenvalue weighted by Crippen LogP contribution is -2.31. The van der Waals surface area contributed by atoms with Crippen molar-refractivity contribution in [3.8, 4) is 57.0 Å². The second-order valence-electron chi connectivity index (χ2n) is 14.0. The smallest absolute Gasteiger partial charge is 0.279 e. The number of hydrogen-bond acceptors (Lipinski definition) is 15. The van der Waals surface area contributed by atoms with Crippen molar-refractivity contribution < 1.29 is 51.7 Å². The molecule has 0 radical (unpaired) electrons.